The standard InChI is InChI=1S/C12H16N4O4/c1-19-11(17)9-5-14-10(6-13-9)16-4-3-8(7-16)15-12(18)20-2/h5-6,8H,3-4,7H2,1-2H3,(H,15,18). The number of hydrogen-bond donors (Lipinski definition) is 1. The molecule has 0 aliphatic carbocycles. The maximum Gasteiger partial charge on any atom is 0.407 e. The van der Waals surface area contributed by atoms with Gasteiger partial charge in [0.15, 0.2) is 5.69 Å². The summed E-state index contributed by atoms with van der Waals surface area (Å²) in [6, 6.07) is 0.0181. The molecule has 1 fully saturated rings. The van der Waals surface area contributed by atoms with E-state index in [4.69, 9.17) is 0 Å². The van der Waals surface area contributed by atoms with E-state index in [1.165, 1.54) is 26.6 Å². The lowest BCUT2D eigenvalue weighted by molar-refractivity contribution is 0.0593. The zero-order chi connectivity index (χ0) is 14.5. The van der Waals surface area contributed by atoms with Crippen LogP contribution in [0.15, 0.2) is 12.4 Å². The Morgan fingerprint density at radius 2 is 2.10 bits per heavy atom. The topological polar surface area (TPSA) is 93.7 Å². The molecule has 108 valence electrons. The van der Waals surface area contributed by atoms with Gasteiger partial charge in [0.2, 0.25) is 0 Å². The Bertz CT molecular complexity index is 491. The molecule has 1 amide bonds. The third kappa shape index (κ3) is 3.14. The molecule has 1 aliphatic heterocycles. The van der Waals surface area contributed by atoms with Crippen LogP contribution in [0.5, 0.6) is 0 Å². The van der Waals surface area contributed by atoms with E-state index in [0.29, 0.717) is 12.4 Å². The highest BCUT2D eigenvalue weighted by atomic mass is 16.5. The number of aromatic nitrogens is 2. The summed E-state index contributed by atoms with van der Waals surface area (Å²) in [5.41, 5.74) is 0.166. The van der Waals surface area contributed by atoms with Crippen LogP contribution in [0.3, 0.4) is 0 Å². The first-order chi connectivity index (χ1) is 9.63. The van der Waals surface area contributed by atoms with E-state index in [1.54, 1.807) is 0 Å². The fourth-order valence-electron chi connectivity index (χ4n) is 2.01. The normalized spacial score (nSPS) is 17.7. The van der Waals surface area contributed by atoms with Crippen molar-refractivity contribution < 1.29 is 19.1 Å². The van der Waals surface area contributed by atoms with E-state index < -0.39 is 12.1 Å². The van der Waals surface area contributed by atoms with Gasteiger partial charge in [0.05, 0.1) is 32.7 Å². The number of rotatable bonds is 3. The second kappa shape index (κ2) is 6.18. The molecule has 1 N–H and O–H groups in total. The molecule has 20 heavy (non-hydrogen) atoms. The van der Waals surface area contributed by atoms with Gasteiger partial charge >= 0.3 is 12.1 Å². The molecule has 8 heteroatoms. The summed E-state index contributed by atoms with van der Waals surface area (Å²) < 4.78 is 9.12. The molecule has 1 atom stereocenters. The SMILES string of the molecule is COC(=O)NC1CCN(c2cnc(C(=O)OC)cn2)C1. The van der Waals surface area contributed by atoms with Crippen LogP contribution in [0.2, 0.25) is 0 Å². The molecule has 1 aliphatic rings. The molecule has 0 saturated carbocycles. The monoisotopic (exact) mass is 280 g/mol. The predicted molar refractivity (Wildman–Crippen MR) is 69.5 cm³/mol. The lowest BCUT2D eigenvalue weighted by atomic mass is 10.3. The van der Waals surface area contributed by atoms with Gasteiger partial charge in [-0.25, -0.2) is 19.6 Å². The van der Waals surface area contributed by atoms with Gasteiger partial charge in [0.1, 0.15) is 5.82 Å². The van der Waals surface area contributed by atoms with Gasteiger partial charge in [-0.1, -0.05) is 0 Å². The number of hydrogen-bond acceptors (Lipinski definition) is 7. The van der Waals surface area contributed by atoms with Crippen LogP contribution in [-0.4, -0.2) is 55.4 Å². The van der Waals surface area contributed by atoms with Crippen LogP contribution in [0.1, 0.15) is 16.9 Å². The summed E-state index contributed by atoms with van der Waals surface area (Å²) in [5.74, 6) is 0.141. The highest BCUT2D eigenvalue weighted by Gasteiger charge is 2.25. The average Bonchev–Trinajstić information content (AvgIpc) is 2.95. The quantitative estimate of drug-likeness (QED) is 0.790. The fraction of sp³-hybridized carbons (Fsp3) is 0.500. The summed E-state index contributed by atoms with van der Waals surface area (Å²) in [4.78, 5) is 32.6. The molecule has 8 nitrogen and oxygen atoms in total. The zero-order valence-corrected chi connectivity index (χ0v) is 11.3. The molecule has 2 rings (SSSR count). The Morgan fingerprint density at radius 1 is 1.30 bits per heavy atom. The summed E-state index contributed by atoms with van der Waals surface area (Å²) in [6.07, 6.45) is 3.26. The molecule has 0 aromatic carbocycles. The van der Waals surface area contributed by atoms with Gasteiger partial charge < -0.3 is 19.7 Å². The minimum atomic E-state index is -0.518. The number of esters is 1. The number of carbonyl (C=O) groups is 2. The van der Waals surface area contributed by atoms with E-state index >= 15 is 0 Å². The maximum absolute atomic E-state index is 11.3. The van der Waals surface area contributed by atoms with Crippen molar-refractivity contribution in [3.8, 4) is 0 Å². The predicted octanol–water partition coefficient (Wildman–Crippen LogP) is 0.198. The number of ether oxygens (including phenoxy) is 2. The smallest absolute Gasteiger partial charge is 0.407 e. The average molecular weight is 280 g/mol. The third-order valence-electron chi connectivity index (χ3n) is 3.05. The van der Waals surface area contributed by atoms with Crippen molar-refractivity contribution in [3.05, 3.63) is 18.1 Å². The lowest BCUT2D eigenvalue weighted by Crippen LogP contribution is -2.37. The highest BCUT2D eigenvalue weighted by molar-refractivity contribution is 5.86. The second-order valence-corrected chi connectivity index (χ2v) is 4.32. The Labute approximate surface area is 116 Å². The van der Waals surface area contributed by atoms with Crippen LogP contribution in [-0.2, 0) is 9.47 Å². The van der Waals surface area contributed by atoms with Crippen molar-refractivity contribution in [1.29, 1.82) is 0 Å². The molecule has 0 bridgehead atoms. The molecule has 1 saturated heterocycles. The van der Waals surface area contributed by atoms with Gasteiger partial charge in [-0.2, -0.15) is 0 Å². The number of nitrogens with zero attached hydrogens (tertiary/aromatic N) is 3. The van der Waals surface area contributed by atoms with E-state index in [-0.39, 0.29) is 11.7 Å². The van der Waals surface area contributed by atoms with Crippen LogP contribution in [0.25, 0.3) is 0 Å². The van der Waals surface area contributed by atoms with Crippen molar-refractivity contribution in [2.45, 2.75) is 12.5 Å². The first-order valence-corrected chi connectivity index (χ1v) is 6.14. The van der Waals surface area contributed by atoms with Crippen molar-refractivity contribution in [2.24, 2.45) is 0 Å². The number of alkyl carbamates (subject to hydrolysis) is 1. The molecule has 2 heterocycles. The Balaban J connectivity index is 1.96. The van der Waals surface area contributed by atoms with Gasteiger partial charge in [-0.05, 0) is 6.42 Å². The minimum absolute atomic E-state index is 0.0181. The fourth-order valence-corrected chi connectivity index (χ4v) is 2.01. The summed E-state index contributed by atoms with van der Waals surface area (Å²) in [5, 5.41) is 2.74. The van der Waals surface area contributed by atoms with Crippen molar-refractivity contribution >= 4 is 17.9 Å². The van der Waals surface area contributed by atoms with E-state index in [9.17, 15) is 9.59 Å². The van der Waals surface area contributed by atoms with Crippen LogP contribution in [0, 0.1) is 0 Å². The Kier molecular flexibility index (Phi) is 4.34. The van der Waals surface area contributed by atoms with Crippen molar-refractivity contribution in [3.63, 3.8) is 0 Å². The van der Waals surface area contributed by atoms with E-state index in [2.05, 4.69) is 24.8 Å². The van der Waals surface area contributed by atoms with Gasteiger partial charge in [0, 0.05) is 13.1 Å². The van der Waals surface area contributed by atoms with Gasteiger partial charge in [-0.15, -0.1) is 0 Å². The number of carbonyl (C=O) groups excluding carboxylic acids is 2. The lowest BCUT2D eigenvalue weighted by Gasteiger charge is -2.17. The molecule has 1 unspecified atom stereocenters. The summed E-state index contributed by atoms with van der Waals surface area (Å²) in [7, 11) is 2.63. The first kappa shape index (κ1) is 14.0. The Hall–Kier alpha value is -2.38. The first-order valence-electron chi connectivity index (χ1n) is 6.14. The minimum Gasteiger partial charge on any atom is -0.464 e. The van der Waals surface area contributed by atoms with Crippen molar-refractivity contribution in [1.82, 2.24) is 15.3 Å². The highest BCUT2D eigenvalue weighted by Crippen LogP contribution is 2.17. The van der Waals surface area contributed by atoms with Gasteiger partial charge in [0.25, 0.3) is 0 Å². The second-order valence-electron chi connectivity index (χ2n) is 4.32. The molecule has 0 radical (unpaired) electrons. The number of nitrogens with one attached hydrogen (secondary N) is 1. The maximum atomic E-state index is 11.3. The Morgan fingerprint density at radius 3 is 2.70 bits per heavy atom. The molecular formula is C12H16N4O4. The number of methoxy groups -OCH3 is 2. The summed E-state index contributed by atoms with van der Waals surface area (Å²) in [6.45, 7) is 1.38. The summed E-state index contributed by atoms with van der Waals surface area (Å²) >= 11 is 0. The van der Waals surface area contributed by atoms with Crippen LogP contribution in [0.4, 0.5) is 10.6 Å². The van der Waals surface area contributed by atoms with Crippen LogP contribution >= 0.6 is 0 Å². The molecule has 0 spiro atoms. The molecule has 1 aromatic heterocycles. The van der Waals surface area contributed by atoms with Crippen LogP contribution < -0.4 is 10.2 Å². The molecule has 1 aromatic rings. The van der Waals surface area contributed by atoms with E-state index in [0.717, 1.165) is 13.0 Å². The zero-order valence-electron chi connectivity index (χ0n) is 11.3. The largest absolute Gasteiger partial charge is 0.464 e. The van der Waals surface area contributed by atoms with Crippen molar-refractivity contribution in [2.75, 3.05) is 32.2 Å². The number of anilines is 1. The van der Waals surface area contributed by atoms with E-state index in [1.807, 2.05) is 4.90 Å². The number of amides is 1. The third-order valence-corrected chi connectivity index (χ3v) is 3.05. The van der Waals surface area contributed by atoms with Gasteiger partial charge in [-0.3, -0.25) is 0 Å². The molecular weight excluding hydrogens is 264 g/mol.